The van der Waals surface area contributed by atoms with E-state index in [2.05, 4.69) is 15.0 Å². The van der Waals surface area contributed by atoms with Crippen molar-refractivity contribution in [1.82, 2.24) is 15.0 Å². The van der Waals surface area contributed by atoms with Crippen LogP contribution in [0, 0.1) is 0 Å². The summed E-state index contributed by atoms with van der Waals surface area (Å²) in [6.45, 7) is 3.76. The first-order chi connectivity index (χ1) is 7.24. The monoisotopic (exact) mass is 225 g/mol. The second-order valence-electron chi connectivity index (χ2n) is 3.82. The van der Waals surface area contributed by atoms with E-state index in [1.165, 1.54) is 17.8 Å². The maximum absolute atomic E-state index is 10.8. The van der Waals surface area contributed by atoms with Gasteiger partial charge in [-0.1, -0.05) is 0 Å². The molecule has 0 spiro atoms. The molecule has 5 nitrogen and oxygen atoms in total. The van der Waals surface area contributed by atoms with Crippen molar-refractivity contribution >= 4 is 17.3 Å². The van der Waals surface area contributed by atoms with Crippen LogP contribution in [0.4, 0.5) is 0 Å². The molecule has 0 aliphatic carbocycles. The highest BCUT2D eigenvalue weighted by atomic mass is 32.1. The summed E-state index contributed by atoms with van der Waals surface area (Å²) in [5, 5.41) is 13.6. The molecule has 0 amide bonds. The van der Waals surface area contributed by atoms with Gasteiger partial charge in [0.25, 0.3) is 0 Å². The number of aromatic carboxylic acids is 1. The van der Waals surface area contributed by atoms with Gasteiger partial charge in [0.2, 0.25) is 5.01 Å². The van der Waals surface area contributed by atoms with Gasteiger partial charge in [0.1, 0.15) is 0 Å². The standard InChI is InChI=1S/C9H11N3O2S/c13-9(14)8-10-6-4-11-2-1-3-12(11)5-7(6)15-8/h1-5H2,(H,13,14). The molecule has 6 heteroatoms. The lowest BCUT2D eigenvalue weighted by Gasteiger charge is -2.31. The molecule has 0 radical (unpaired) electrons. The minimum absolute atomic E-state index is 0.224. The quantitative estimate of drug-likeness (QED) is 0.765. The number of hydrogen-bond donors (Lipinski definition) is 1. The molecular formula is C9H11N3O2S. The van der Waals surface area contributed by atoms with E-state index < -0.39 is 5.97 Å². The summed E-state index contributed by atoms with van der Waals surface area (Å²) < 4.78 is 0. The summed E-state index contributed by atoms with van der Waals surface area (Å²) in [5.41, 5.74) is 0.954. The molecular weight excluding hydrogens is 214 g/mol. The summed E-state index contributed by atoms with van der Waals surface area (Å²) in [5.74, 6) is -0.912. The lowest BCUT2D eigenvalue weighted by molar-refractivity contribution is -0.00172. The average Bonchev–Trinajstić information content (AvgIpc) is 2.77. The number of aromatic nitrogens is 1. The molecule has 0 atom stereocenters. The van der Waals surface area contributed by atoms with Gasteiger partial charge in [-0.2, -0.15) is 0 Å². The van der Waals surface area contributed by atoms with Gasteiger partial charge >= 0.3 is 5.97 Å². The zero-order valence-corrected chi connectivity index (χ0v) is 8.96. The van der Waals surface area contributed by atoms with Crippen molar-refractivity contribution in [1.29, 1.82) is 0 Å². The predicted molar refractivity (Wildman–Crippen MR) is 54.5 cm³/mol. The van der Waals surface area contributed by atoms with E-state index in [1.807, 2.05) is 0 Å². The molecule has 2 aliphatic heterocycles. The molecule has 0 aromatic carbocycles. The topological polar surface area (TPSA) is 56.7 Å². The SMILES string of the molecule is O=C(O)c1nc2c(s1)CN1CCCN1C2. The number of carboxylic acid groups (broad SMARTS) is 1. The van der Waals surface area contributed by atoms with Crippen molar-refractivity contribution in [2.75, 3.05) is 13.1 Å². The summed E-state index contributed by atoms with van der Waals surface area (Å²) in [7, 11) is 0. The second-order valence-corrected chi connectivity index (χ2v) is 4.91. The number of hydrogen-bond acceptors (Lipinski definition) is 5. The lowest BCUT2D eigenvalue weighted by atomic mass is 10.3. The molecule has 1 aromatic rings. The number of carboxylic acids is 1. The van der Waals surface area contributed by atoms with E-state index in [-0.39, 0.29) is 5.01 Å². The number of carbonyl (C=O) groups is 1. The third kappa shape index (κ3) is 1.45. The highest BCUT2D eigenvalue weighted by Crippen LogP contribution is 2.29. The maximum atomic E-state index is 10.8. The number of nitrogens with zero attached hydrogens (tertiary/aromatic N) is 3. The lowest BCUT2D eigenvalue weighted by Crippen LogP contribution is -2.39. The second kappa shape index (κ2) is 3.26. The van der Waals surface area contributed by atoms with Gasteiger partial charge in [0.15, 0.2) is 0 Å². The van der Waals surface area contributed by atoms with Crippen LogP contribution in [0.5, 0.6) is 0 Å². The Labute approximate surface area is 90.9 Å². The van der Waals surface area contributed by atoms with Crippen LogP contribution in [0.25, 0.3) is 0 Å². The fourth-order valence-corrected chi connectivity index (χ4v) is 3.06. The van der Waals surface area contributed by atoms with Crippen LogP contribution < -0.4 is 0 Å². The zero-order chi connectivity index (χ0) is 10.4. The van der Waals surface area contributed by atoms with Crippen LogP contribution in [0.3, 0.4) is 0 Å². The molecule has 3 heterocycles. The highest BCUT2D eigenvalue weighted by molar-refractivity contribution is 7.13. The number of rotatable bonds is 1. The van der Waals surface area contributed by atoms with E-state index in [0.717, 1.165) is 36.8 Å². The van der Waals surface area contributed by atoms with Gasteiger partial charge in [-0.3, -0.25) is 0 Å². The zero-order valence-electron chi connectivity index (χ0n) is 8.14. The van der Waals surface area contributed by atoms with Crippen molar-refractivity contribution < 1.29 is 9.90 Å². The van der Waals surface area contributed by atoms with Crippen molar-refractivity contribution in [3.63, 3.8) is 0 Å². The van der Waals surface area contributed by atoms with Crippen LogP contribution in [-0.2, 0) is 13.1 Å². The Kier molecular flexibility index (Phi) is 2.01. The Morgan fingerprint density at radius 2 is 2.07 bits per heavy atom. The molecule has 0 bridgehead atoms. The summed E-state index contributed by atoms with van der Waals surface area (Å²) >= 11 is 1.31. The predicted octanol–water partition coefficient (Wildman–Crippen LogP) is 0.778. The molecule has 80 valence electrons. The molecule has 0 unspecified atom stereocenters. The van der Waals surface area contributed by atoms with Crippen LogP contribution in [0.2, 0.25) is 0 Å². The Balaban J connectivity index is 1.93. The normalized spacial score (nSPS) is 21.3. The van der Waals surface area contributed by atoms with Gasteiger partial charge < -0.3 is 5.11 Å². The number of thiazole rings is 1. The molecule has 0 saturated carbocycles. The van der Waals surface area contributed by atoms with Crippen LogP contribution >= 0.6 is 11.3 Å². The molecule has 2 aliphatic rings. The van der Waals surface area contributed by atoms with E-state index in [9.17, 15) is 4.79 Å². The number of hydrazine groups is 1. The Morgan fingerprint density at radius 3 is 2.80 bits per heavy atom. The Hall–Kier alpha value is -0.980. The van der Waals surface area contributed by atoms with E-state index in [0.29, 0.717) is 0 Å². The smallest absolute Gasteiger partial charge is 0.365 e. The van der Waals surface area contributed by atoms with E-state index in [4.69, 9.17) is 5.11 Å². The fourth-order valence-electron chi connectivity index (χ4n) is 2.14. The molecule has 1 fully saturated rings. The first kappa shape index (κ1) is 9.26. The van der Waals surface area contributed by atoms with Gasteiger partial charge in [-0.25, -0.2) is 19.8 Å². The van der Waals surface area contributed by atoms with E-state index in [1.54, 1.807) is 0 Å². The third-order valence-electron chi connectivity index (χ3n) is 2.85. The Bertz CT molecular complexity index is 388. The van der Waals surface area contributed by atoms with Gasteiger partial charge in [-0.15, -0.1) is 11.3 Å². The molecule has 1 saturated heterocycles. The van der Waals surface area contributed by atoms with Crippen LogP contribution in [0.1, 0.15) is 26.8 Å². The number of fused-ring (bicyclic) bond motifs is 2. The van der Waals surface area contributed by atoms with Crippen LogP contribution in [0.15, 0.2) is 0 Å². The third-order valence-corrected chi connectivity index (χ3v) is 3.92. The summed E-state index contributed by atoms with van der Waals surface area (Å²) in [6.07, 6.45) is 1.20. The first-order valence-electron chi connectivity index (χ1n) is 4.96. The first-order valence-corrected chi connectivity index (χ1v) is 5.77. The summed E-state index contributed by atoms with van der Waals surface area (Å²) in [4.78, 5) is 16.1. The van der Waals surface area contributed by atoms with Crippen LogP contribution in [-0.4, -0.2) is 39.2 Å². The van der Waals surface area contributed by atoms with Gasteiger partial charge in [0, 0.05) is 24.5 Å². The highest BCUT2D eigenvalue weighted by Gasteiger charge is 2.30. The fraction of sp³-hybridized carbons (Fsp3) is 0.556. The maximum Gasteiger partial charge on any atom is 0.365 e. The molecule has 15 heavy (non-hydrogen) atoms. The van der Waals surface area contributed by atoms with Crippen molar-refractivity contribution in [3.8, 4) is 0 Å². The molecule has 1 aromatic heterocycles. The minimum atomic E-state index is -0.912. The largest absolute Gasteiger partial charge is 0.476 e. The van der Waals surface area contributed by atoms with Gasteiger partial charge in [-0.05, 0) is 6.42 Å². The van der Waals surface area contributed by atoms with Crippen molar-refractivity contribution in [3.05, 3.63) is 15.6 Å². The minimum Gasteiger partial charge on any atom is -0.476 e. The molecule has 1 N–H and O–H groups in total. The molecule has 3 rings (SSSR count). The van der Waals surface area contributed by atoms with E-state index >= 15 is 0 Å². The summed E-state index contributed by atoms with van der Waals surface area (Å²) in [6, 6.07) is 0. The van der Waals surface area contributed by atoms with Crippen molar-refractivity contribution in [2.24, 2.45) is 0 Å². The van der Waals surface area contributed by atoms with Crippen molar-refractivity contribution in [2.45, 2.75) is 19.5 Å². The van der Waals surface area contributed by atoms with Gasteiger partial charge in [0.05, 0.1) is 12.2 Å². The average molecular weight is 225 g/mol. The Morgan fingerprint density at radius 1 is 1.33 bits per heavy atom.